The van der Waals surface area contributed by atoms with E-state index in [-0.39, 0.29) is 5.41 Å². The predicted octanol–water partition coefficient (Wildman–Crippen LogP) is 4.03. The fourth-order valence-corrected chi connectivity index (χ4v) is 2.40. The van der Waals surface area contributed by atoms with Crippen molar-refractivity contribution in [3.8, 4) is 11.3 Å². The average Bonchev–Trinajstić information content (AvgIpc) is 2.56. The molecule has 1 aromatic carbocycles. The third-order valence-electron chi connectivity index (χ3n) is 3.04. The number of halogens is 1. The Balaban J connectivity index is 2.60. The number of nitrogens with one attached hydrogen (secondary N) is 1. The SMILES string of the molecule is Cc1ccc(C(C)(C)C)cc1-c1nc(N)[nH]c1Br. The van der Waals surface area contributed by atoms with Crippen LogP contribution in [0.4, 0.5) is 5.95 Å². The van der Waals surface area contributed by atoms with Gasteiger partial charge in [-0.3, -0.25) is 0 Å². The molecule has 4 heteroatoms. The summed E-state index contributed by atoms with van der Waals surface area (Å²) in [6.45, 7) is 8.69. The number of aromatic nitrogens is 2. The molecule has 0 aliphatic rings. The fraction of sp³-hybridized carbons (Fsp3) is 0.357. The number of rotatable bonds is 1. The van der Waals surface area contributed by atoms with E-state index in [9.17, 15) is 0 Å². The highest BCUT2D eigenvalue weighted by atomic mass is 79.9. The Labute approximate surface area is 116 Å². The summed E-state index contributed by atoms with van der Waals surface area (Å²) in [6, 6.07) is 6.49. The van der Waals surface area contributed by atoms with Crippen LogP contribution < -0.4 is 5.73 Å². The summed E-state index contributed by atoms with van der Waals surface area (Å²) in [5, 5.41) is 0. The van der Waals surface area contributed by atoms with E-state index in [0.717, 1.165) is 15.9 Å². The molecule has 0 aliphatic heterocycles. The molecule has 0 radical (unpaired) electrons. The maximum absolute atomic E-state index is 5.69. The van der Waals surface area contributed by atoms with Gasteiger partial charge in [0.05, 0.1) is 0 Å². The number of H-pyrrole nitrogens is 1. The molecule has 0 fully saturated rings. The van der Waals surface area contributed by atoms with Crippen molar-refractivity contribution in [2.24, 2.45) is 0 Å². The molecule has 0 saturated heterocycles. The highest BCUT2D eigenvalue weighted by molar-refractivity contribution is 9.10. The minimum absolute atomic E-state index is 0.122. The lowest BCUT2D eigenvalue weighted by molar-refractivity contribution is 0.590. The van der Waals surface area contributed by atoms with E-state index < -0.39 is 0 Å². The quantitative estimate of drug-likeness (QED) is 0.836. The van der Waals surface area contributed by atoms with Crippen molar-refractivity contribution >= 4 is 21.9 Å². The molecule has 0 amide bonds. The van der Waals surface area contributed by atoms with Crippen molar-refractivity contribution in [2.45, 2.75) is 33.1 Å². The van der Waals surface area contributed by atoms with Crippen LogP contribution in [0.2, 0.25) is 0 Å². The lowest BCUT2D eigenvalue weighted by Crippen LogP contribution is -2.11. The first-order valence-corrected chi connectivity index (χ1v) is 6.71. The van der Waals surface area contributed by atoms with Crippen molar-refractivity contribution in [3.05, 3.63) is 33.9 Å². The number of hydrogen-bond acceptors (Lipinski definition) is 2. The minimum atomic E-state index is 0.122. The van der Waals surface area contributed by atoms with Gasteiger partial charge in [0.2, 0.25) is 0 Å². The smallest absolute Gasteiger partial charge is 0.198 e. The third kappa shape index (κ3) is 2.43. The number of benzene rings is 1. The van der Waals surface area contributed by atoms with Crippen molar-refractivity contribution < 1.29 is 0 Å². The Morgan fingerprint density at radius 1 is 1.28 bits per heavy atom. The number of aromatic amines is 1. The van der Waals surface area contributed by atoms with Gasteiger partial charge in [0, 0.05) is 5.56 Å². The van der Waals surface area contributed by atoms with Gasteiger partial charge in [-0.2, -0.15) is 0 Å². The van der Waals surface area contributed by atoms with Crippen molar-refractivity contribution in [2.75, 3.05) is 5.73 Å². The molecule has 18 heavy (non-hydrogen) atoms. The van der Waals surface area contributed by atoms with Gasteiger partial charge in [-0.1, -0.05) is 32.9 Å². The first kappa shape index (κ1) is 13.1. The number of imidazole rings is 1. The second-order valence-electron chi connectivity index (χ2n) is 5.56. The minimum Gasteiger partial charge on any atom is -0.369 e. The molecule has 2 aromatic rings. The van der Waals surface area contributed by atoms with E-state index >= 15 is 0 Å². The van der Waals surface area contributed by atoms with E-state index in [2.05, 4.69) is 71.8 Å². The van der Waals surface area contributed by atoms with Crippen LogP contribution in [0.1, 0.15) is 31.9 Å². The van der Waals surface area contributed by atoms with E-state index in [4.69, 9.17) is 5.73 Å². The second kappa shape index (κ2) is 4.43. The van der Waals surface area contributed by atoms with Crippen LogP contribution >= 0.6 is 15.9 Å². The molecule has 0 unspecified atom stereocenters. The molecule has 0 atom stereocenters. The van der Waals surface area contributed by atoms with Crippen LogP contribution in [-0.2, 0) is 5.41 Å². The van der Waals surface area contributed by atoms with E-state index in [1.54, 1.807) is 0 Å². The number of nitrogens with zero attached hydrogens (tertiary/aromatic N) is 1. The predicted molar refractivity (Wildman–Crippen MR) is 79.6 cm³/mol. The van der Waals surface area contributed by atoms with Crippen LogP contribution in [0, 0.1) is 6.92 Å². The van der Waals surface area contributed by atoms with Crippen LogP contribution in [-0.4, -0.2) is 9.97 Å². The Hall–Kier alpha value is -1.29. The number of anilines is 1. The van der Waals surface area contributed by atoms with Gasteiger partial charge in [0.1, 0.15) is 10.3 Å². The molecule has 1 aromatic heterocycles. The molecule has 0 aliphatic carbocycles. The first-order valence-electron chi connectivity index (χ1n) is 5.91. The Morgan fingerprint density at radius 2 is 1.94 bits per heavy atom. The molecule has 0 spiro atoms. The Morgan fingerprint density at radius 3 is 2.44 bits per heavy atom. The third-order valence-corrected chi connectivity index (χ3v) is 3.61. The van der Waals surface area contributed by atoms with Crippen LogP contribution in [0.25, 0.3) is 11.3 Å². The summed E-state index contributed by atoms with van der Waals surface area (Å²) < 4.78 is 0.828. The van der Waals surface area contributed by atoms with Crippen LogP contribution in [0.5, 0.6) is 0 Å². The zero-order valence-electron chi connectivity index (χ0n) is 11.1. The average molecular weight is 308 g/mol. The summed E-state index contributed by atoms with van der Waals surface area (Å²) in [7, 11) is 0. The van der Waals surface area contributed by atoms with E-state index in [1.807, 2.05) is 0 Å². The van der Waals surface area contributed by atoms with Gasteiger partial charge in [0.25, 0.3) is 0 Å². The van der Waals surface area contributed by atoms with Crippen LogP contribution in [0.3, 0.4) is 0 Å². The van der Waals surface area contributed by atoms with Crippen molar-refractivity contribution in [1.29, 1.82) is 0 Å². The van der Waals surface area contributed by atoms with Gasteiger partial charge in [-0.25, -0.2) is 4.98 Å². The zero-order chi connectivity index (χ0) is 13.5. The lowest BCUT2D eigenvalue weighted by atomic mass is 9.85. The molecule has 0 bridgehead atoms. The Kier molecular flexibility index (Phi) is 3.23. The number of hydrogen-bond donors (Lipinski definition) is 2. The lowest BCUT2D eigenvalue weighted by Gasteiger charge is -2.20. The summed E-state index contributed by atoms with van der Waals surface area (Å²) in [4.78, 5) is 7.31. The number of aryl methyl sites for hydroxylation is 1. The molecule has 1 heterocycles. The molecular weight excluding hydrogens is 290 g/mol. The van der Waals surface area contributed by atoms with Crippen molar-refractivity contribution in [1.82, 2.24) is 9.97 Å². The van der Waals surface area contributed by atoms with Crippen LogP contribution in [0.15, 0.2) is 22.8 Å². The largest absolute Gasteiger partial charge is 0.369 e. The number of nitrogens with two attached hydrogens (primary N) is 1. The van der Waals surface area contributed by atoms with Gasteiger partial charge < -0.3 is 10.7 Å². The first-order chi connectivity index (χ1) is 8.29. The molecule has 3 N–H and O–H groups in total. The zero-order valence-corrected chi connectivity index (χ0v) is 12.7. The van der Waals surface area contributed by atoms with E-state index in [0.29, 0.717) is 5.95 Å². The standard InChI is InChI=1S/C14H18BrN3/c1-8-5-6-9(14(2,3)4)7-10(8)11-12(15)18-13(16)17-11/h5-7H,1-4H3,(H3,16,17,18). The molecule has 2 rings (SSSR count). The highest BCUT2D eigenvalue weighted by Gasteiger charge is 2.17. The molecule has 0 saturated carbocycles. The summed E-state index contributed by atoms with van der Waals surface area (Å²) in [5.74, 6) is 0.428. The van der Waals surface area contributed by atoms with Gasteiger partial charge in [-0.05, 0) is 45.5 Å². The molecule has 96 valence electrons. The van der Waals surface area contributed by atoms with E-state index in [1.165, 1.54) is 11.1 Å². The summed E-state index contributed by atoms with van der Waals surface area (Å²) >= 11 is 3.46. The second-order valence-corrected chi connectivity index (χ2v) is 6.36. The van der Waals surface area contributed by atoms with Crippen molar-refractivity contribution in [3.63, 3.8) is 0 Å². The Bertz CT molecular complexity index is 579. The van der Waals surface area contributed by atoms with Gasteiger partial charge >= 0.3 is 0 Å². The van der Waals surface area contributed by atoms with Gasteiger partial charge in [0.15, 0.2) is 5.95 Å². The fourth-order valence-electron chi connectivity index (χ4n) is 1.89. The maximum Gasteiger partial charge on any atom is 0.198 e. The highest BCUT2D eigenvalue weighted by Crippen LogP contribution is 2.33. The monoisotopic (exact) mass is 307 g/mol. The number of nitrogen functional groups attached to an aromatic ring is 1. The normalized spacial score (nSPS) is 11.8. The summed E-state index contributed by atoms with van der Waals surface area (Å²) in [5.41, 5.74) is 10.3. The topological polar surface area (TPSA) is 54.7 Å². The maximum atomic E-state index is 5.69. The molecule has 3 nitrogen and oxygen atoms in total. The summed E-state index contributed by atoms with van der Waals surface area (Å²) in [6.07, 6.45) is 0. The molecular formula is C14H18BrN3. The van der Waals surface area contributed by atoms with Gasteiger partial charge in [-0.15, -0.1) is 0 Å².